The van der Waals surface area contributed by atoms with Crippen LogP contribution < -0.4 is 5.32 Å². The van der Waals surface area contributed by atoms with Gasteiger partial charge >= 0.3 is 0 Å². The molecule has 5 heteroatoms. The zero-order chi connectivity index (χ0) is 19.2. The number of hydrogen-bond acceptors (Lipinski definition) is 3. The van der Waals surface area contributed by atoms with Crippen molar-refractivity contribution in [1.82, 2.24) is 19.8 Å². The number of likely N-dealkylation sites (tertiary alicyclic amines) is 1. The normalized spacial score (nSPS) is 15.7. The lowest BCUT2D eigenvalue weighted by Gasteiger charge is -2.31. The summed E-state index contributed by atoms with van der Waals surface area (Å²) in [4.78, 5) is 19.0. The predicted molar refractivity (Wildman–Crippen MR) is 112 cm³/mol. The maximum absolute atomic E-state index is 12.2. The van der Waals surface area contributed by atoms with Crippen LogP contribution in [0.2, 0.25) is 0 Å². The molecule has 0 bridgehead atoms. The minimum Gasteiger partial charge on any atom is -0.355 e. The number of amides is 1. The average Bonchev–Trinajstić information content (AvgIpc) is 3.13. The van der Waals surface area contributed by atoms with Gasteiger partial charge in [0.15, 0.2) is 0 Å². The Kier molecular flexibility index (Phi) is 6.02. The number of benzene rings is 2. The van der Waals surface area contributed by atoms with E-state index >= 15 is 0 Å². The number of para-hydroxylation sites is 2. The number of hydrogen-bond donors (Lipinski definition) is 1. The summed E-state index contributed by atoms with van der Waals surface area (Å²) in [5.41, 5.74) is 3.53. The molecule has 2 aromatic carbocycles. The van der Waals surface area contributed by atoms with Crippen LogP contribution in [-0.4, -0.2) is 46.5 Å². The molecule has 28 heavy (non-hydrogen) atoms. The predicted octanol–water partition coefficient (Wildman–Crippen LogP) is 3.11. The summed E-state index contributed by atoms with van der Waals surface area (Å²) < 4.78 is 2.27. The molecule has 1 aromatic heterocycles. The SMILES string of the molecule is O=C(CN1CCC(Cn2cnc3ccccc32)CC1)NCCc1ccccc1. The highest BCUT2D eigenvalue weighted by atomic mass is 16.2. The number of piperidine rings is 1. The lowest BCUT2D eigenvalue weighted by atomic mass is 9.96. The van der Waals surface area contributed by atoms with E-state index in [1.54, 1.807) is 0 Å². The number of fused-ring (bicyclic) bond motifs is 1. The van der Waals surface area contributed by atoms with Crippen molar-refractivity contribution in [3.8, 4) is 0 Å². The fourth-order valence-electron chi connectivity index (χ4n) is 4.01. The topological polar surface area (TPSA) is 50.2 Å². The van der Waals surface area contributed by atoms with Crippen LogP contribution in [0.15, 0.2) is 60.9 Å². The number of nitrogens with one attached hydrogen (secondary N) is 1. The van der Waals surface area contributed by atoms with Gasteiger partial charge in [-0.05, 0) is 56.0 Å². The highest BCUT2D eigenvalue weighted by Crippen LogP contribution is 2.21. The van der Waals surface area contributed by atoms with Crippen molar-refractivity contribution in [1.29, 1.82) is 0 Å². The van der Waals surface area contributed by atoms with Crippen molar-refractivity contribution in [2.24, 2.45) is 5.92 Å². The smallest absolute Gasteiger partial charge is 0.234 e. The van der Waals surface area contributed by atoms with E-state index in [0.29, 0.717) is 19.0 Å². The van der Waals surface area contributed by atoms with E-state index in [-0.39, 0.29) is 5.91 Å². The third-order valence-corrected chi connectivity index (χ3v) is 5.64. The minimum absolute atomic E-state index is 0.134. The van der Waals surface area contributed by atoms with Gasteiger partial charge in [-0.1, -0.05) is 42.5 Å². The Balaban J connectivity index is 1.18. The molecule has 1 aliphatic heterocycles. The van der Waals surface area contributed by atoms with Crippen molar-refractivity contribution in [2.45, 2.75) is 25.8 Å². The lowest BCUT2D eigenvalue weighted by molar-refractivity contribution is -0.122. The van der Waals surface area contributed by atoms with Gasteiger partial charge in [0.2, 0.25) is 5.91 Å². The molecule has 1 amide bonds. The third-order valence-electron chi connectivity index (χ3n) is 5.64. The first-order valence-corrected chi connectivity index (χ1v) is 10.2. The van der Waals surface area contributed by atoms with E-state index in [1.807, 2.05) is 30.6 Å². The van der Waals surface area contributed by atoms with Gasteiger partial charge in [-0.15, -0.1) is 0 Å². The van der Waals surface area contributed by atoms with Crippen molar-refractivity contribution in [3.63, 3.8) is 0 Å². The van der Waals surface area contributed by atoms with E-state index in [2.05, 4.69) is 50.1 Å². The van der Waals surface area contributed by atoms with Crippen molar-refractivity contribution in [3.05, 3.63) is 66.5 Å². The number of carbonyl (C=O) groups excluding carboxylic acids is 1. The first-order valence-electron chi connectivity index (χ1n) is 10.2. The Hall–Kier alpha value is -2.66. The molecule has 5 nitrogen and oxygen atoms in total. The number of rotatable bonds is 7. The van der Waals surface area contributed by atoms with Crippen LogP contribution in [0.25, 0.3) is 11.0 Å². The first kappa shape index (κ1) is 18.7. The number of nitrogens with zero attached hydrogens (tertiary/aromatic N) is 3. The van der Waals surface area contributed by atoms with Gasteiger partial charge in [0.05, 0.1) is 23.9 Å². The second-order valence-electron chi connectivity index (χ2n) is 7.69. The van der Waals surface area contributed by atoms with Crippen LogP contribution >= 0.6 is 0 Å². The minimum atomic E-state index is 0.134. The molecule has 0 unspecified atom stereocenters. The first-order chi connectivity index (χ1) is 13.8. The summed E-state index contributed by atoms with van der Waals surface area (Å²) in [7, 11) is 0. The second-order valence-corrected chi connectivity index (χ2v) is 7.69. The fraction of sp³-hybridized carbons (Fsp3) is 0.391. The van der Waals surface area contributed by atoms with Crippen LogP contribution in [0.1, 0.15) is 18.4 Å². The highest BCUT2D eigenvalue weighted by Gasteiger charge is 2.21. The van der Waals surface area contributed by atoms with E-state index in [0.717, 1.165) is 44.4 Å². The standard InChI is InChI=1S/C23H28N4O/c28-23(24-13-10-19-6-2-1-3-7-19)17-26-14-11-20(12-15-26)16-27-18-25-21-8-4-5-9-22(21)27/h1-9,18,20H,10-17H2,(H,24,28). The summed E-state index contributed by atoms with van der Waals surface area (Å²) in [6.07, 6.45) is 5.10. The van der Waals surface area contributed by atoms with Gasteiger partial charge in [-0.3, -0.25) is 9.69 Å². The molecular formula is C23H28N4O. The Morgan fingerprint density at radius 2 is 1.79 bits per heavy atom. The molecule has 146 valence electrons. The van der Waals surface area contributed by atoms with Gasteiger partial charge in [0.1, 0.15) is 0 Å². The average molecular weight is 377 g/mol. The summed E-state index contributed by atoms with van der Waals surface area (Å²) in [5.74, 6) is 0.782. The Bertz CT molecular complexity index is 897. The molecule has 4 rings (SSSR count). The van der Waals surface area contributed by atoms with Gasteiger partial charge in [0, 0.05) is 13.1 Å². The van der Waals surface area contributed by atoms with Crippen LogP contribution in [0.3, 0.4) is 0 Å². The molecule has 1 aliphatic rings. The monoisotopic (exact) mass is 376 g/mol. The zero-order valence-corrected chi connectivity index (χ0v) is 16.3. The third kappa shape index (κ3) is 4.78. The summed E-state index contributed by atoms with van der Waals surface area (Å²) in [5, 5.41) is 3.05. The molecular weight excluding hydrogens is 348 g/mol. The van der Waals surface area contributed by atoms with Gasteiger partial charge in [0.25, 0.3) is 0 Å². The van der Waals surface area contributed by atoms with Crippen LogP contribution in [0.4, 0.5) is 0 Å². The molecule has 1 fully saturated rings. The lowest BCUT2D eigenvalue weighted by Crippen LogP contribution is -2.42. The van der Waals surface area contributed by atoms with Gasteiger partial charge in [-0.25, -0.2) is 4.98 Å². The summed E-state index contributed by atoms with van der Waals surface area (Å²) in [6, 6.07) is 18.6. The molecule has 0 spiro atoms. The van der Waals surface area contributed by atoms with E-state index in [9.17, 15) is 4.79 Å². The molecule has 0 aliphatic carbocycles. The molecule has 0 radical (unpaired) electrons. The van der Waals surface area contributed by atoms with Crippen LogP contribution in [0, 0.1) is 5.92 Å². The maximum atomic E-state index is 12.2. The van der Waals surface area contributed by atoms with Gasteiger partial charge in [-0.2, -0.15) is 0 Å². The van der Waals surface area contributed by atoms with Crippen LogP contribution in [-0.2, 0) is 17.8 Å². The second kappa shape index (κ2) is 9.02. The van der Waals surface area contributed by atoms with Crippen molar-refractivity contribution >= 4 is 16.9 Å². The summed E-state index contributed by atoms with van der Waals surface area (Å²) >= 11 is 0. The molecule has 1 N–H and O–H groups in total. The Morgan fingerprint density at radius 3 is 2.61 bits per heavy atom. The molecule has 1 saturated heterocycles. The Morgan fingerprint density at radius 1 is 1.04 bits per heavy atom. The largest absolute Gasteiger partial charge is 0.355 e. The molecule has 0 atom stereocenters. The molecule has 3 aromatic rings. The highest BCUT2D eigenvalue weighted by molar-refractivity contribution is 5.78. The van der Waals surface area contributed by atoms with E-state index < -0.39 is 0 Å². The van der Waals surface area contributed by atoms with E-state index in [1.165, 1.54) is 11.1 Å². The Labute approximate surface area is 166 Å². The quantitative estimate of drug-likeness (QED) is 0.689. The van der Waals surface area contributed by atoms with Gasteiger partial charge < -0.3 is 9.88 Å². The number of carbonyl (C=O) groups is 1. The maximum Gasteiger partial charge on any atom is 0.234 e. The number of aromatic nitrogens is 2. The summed E-state index contributed by atoms with van der Waals surface area (Å²) in [6.45, 7) is 4.20. The van der Waals surface area contributed by atoms with Crippen LogP contribution in [0.5, 0.6) is 0 Å². The fourth-order valence-corrected chi connectivity index (χ4v) is 4.01. The molecule has 2 heterocycles. The van der Waals surface area contributed by atoms with E-state index in [4.69, 9.17) is 0 Å². The molecule has 0 saturated carbocycles. The number of imidazole rings is 1. The van der Waals surface area contributed by atoms with Crippen molar-refractivity contribution in [2.75, 3.05) is 26.2 Å². The van der Waals surface area contributed by atoms with Crippen molar-refractivity contribution < 1.29 is 4.79 Å². The zero-order valence-electron chi connectivity index (χ0n) is 16.3.